The molecule has 0 saturated heterocycles. The lowest BCUT2D eigenvalue weighted by atomic mass is 10.2. The average molecular weight is 305 g/mol. The van der Waals surface area contributed by atoms with Gasteiger partial charge in [0, 0.05) is 17.4 Å². The fraction of sp³-hybridized carbons (Fsp3) is 0.375. The van der Waals surface area contributed by atoms with Gasteiger partial charge in [-0.15, -0.1) is 11.3 Å². The Morgan fingerprint density at radius 1 is 1.19 bits per heavy atom. The van der Waals surface area contributed by atoms with Gasteiger partial charge in [-0.2, -0.15) is 0 Å². The fourth-order valence-electron chi connectivity index (χ4n) is 1.88. The highest BCUT2D eigenvalue weighted by atomic mass is 32.1. The van der Waals surface area contributed by atoms with Gasteiger partial charge in [0.05, 0.1) is 25.3 Å². The number of hydrogen-bond donors (Lipinski definition) is 0. The third kappa shape index (κ3) is 4.56. The van der Waals surface area contributed by atoms with Gasteiger partial charge in [-0.3, -0.25) is 4.79 Å². The van der Waals surface area contributed by atoms with Crippen LogP contribution in [0.3, 0.4) is 0 Å². The number of benzene rings is 1. The van der Waals surface area contributed by atoms with E-state index in [0.29, 0.717) is 26.1 Å². The van der Waals surface area contributed by atoms with Crippen molar-refractivity contribution in [2.45, 2.75) is 26.7 Å². The number of nitrogens with zero attached hydrogens (tertiary/aromatic N) is 1. The van der Waals surface area contributed by atoms with Gasteiger partial charge < -0.3 is 9.47 Å². The van der Waals surface area contributed by atoms with Crippen LogP contribution in [0.5, 0.6) is 5.75 Å². The lowest BCUT2D eigenvalue weighted by Crippen LogP contribution is -2.05. The Kier molecular flexibility index (Phi) is 5.75. The molecule has 0 amide bonds. The summed E-state index contributed by atoms with van der Waals surface area (Å²) in [4.78, 5) is 15.9. The molecule has 0 aliphatic heterocycles. The molecular weight excluding hydrogens is 286 g/mol. The van der Waals surface area contributed by atoms with Crippen molar-refractivity contribution >= 4 is 17.3 Å². The lowest BCUT2D eigenvalue weighted by Gasteiger charge is -2.03. The third-order valence-electron chi connectivity index (χ3n) is 2.85. The lowest BCUT2D eigenvalue weighted by molar-refractivity contribution is -0.143. The third-order valence-corrected chi connectivity index (χ3v) is 3.79. The zero-order chi connectivity index (χ0) is 15.1. The average Bonchev–Trinajstić information content (AvgIpc) is 2.95. The second-order valence-electron chi connectivity index (χ2n) is 4.41. The molecule has 21 heavy (non-hydrogen) atoms. The van der Waals surface area contributed by atoms with Gasteiger partial charge in [-0.25, -0.2) is 4.98 Å². The first-order valence-corrected chi connectivity index (χ1v) is 7.94. The molecule has 1 aromatic carbocycles. The van der Waals surface area contributed by atoms with E-state index in [-0.39, 0.29) is 5.97 Å². The number of carbonyl (C=O) groups is 1. The van der Waals surface area contributed by atoms with E-state index in [1.165, 1.54) is 0 Å². The highest BCUT2D eigenvalue weighted by Crippen LogP contribution is 2.26. The van der Waals surface area contributed by atoms with E-state index >= 15 is 0 Å². The first-order chi connectivity index (χ1) is 10.2. The van der Waals surface area contributed by atoms with Crippen LogP contribution in [0.1, 0.15) is 26.0 Å². The number of ether oxygens (including phenoxy) is 2. The van der Waals surface area contributed by atoms with E-state index in [1.54, 1.807) is 11.3 Å². The molecule has 1 aromatic heterocycles. The SMILES string of the molecule is CCOC(=O)CCc1csc(-c2ccc(OCC)cc2)n1. The normalized spacial score (nSPS) is 10.4. The van der Waals surface area contributed by atoms with E-state index in [4.69, 9.17) is 9.47 Å². The Hall–Kier alpha value is -1.88. The zero-order valence-electron chi connectivity index (χ0n) is 12.3. The van der Waals surface area contributed by atoms with Crippen molar-refractivity contribution in [3.8, 4) is 16.3 Å². The van der Waals surface area contributed by atoms with Gasteiger partial charge >= 0.3 is 5.97 Å². The number of thiazole rings is 1. The zero-order valence-corrected chi connectivity index (χ0v) is 13.1. The van der Waals surface area contributed by atoms with Gasteiger partial charge in [0.25, 0.3) is 0 Å². The van der Waals surface area contributed by atoms with Gasteiger partial charge in [0.1, 0.15) is 10.8 Å². The second-order valence-corrected chi connectivity index (χ2v) is 5.26. The summed E-state index contributed by atoms with van der Waals surface area (Å²) in [5, 5.41) is 2.95. The van der Waals surface area contributed by atoms with Crippen molar-refractivity contribution in [1.29, 1.82) is 0 Å². The Labute approximate surface area is 128 Å². The number of hydrogen-bond acceptors (Lipinski definition) is 5. The molecule has 0 atom stereocenters. The molecule has 5 heteroatoms. The maximum Gasteiger partial charge on any atom is 0.306 e. The van der Waals surface area contributed by atoms with Crippen molar-refractivity contribution < 1.29 is 14.3 Å². The van der Waals surface area contributed by atoms with Crippen LogP contribution in [0, 0.1) is 0 Å². The monoisotopic (exact) mass is 305 g/mol. The molecular formula is C16H19NO3S. The number of esters is 1. The fourth-order valence-corrected chi connectivity index (χ4v) is 2.74. The van der Waals surface area contributed by atoms with Crippen molar-refractivity contribution in [3.63, 3.8) is 0 Å². The van der Waals surface area contributed by atoms with Crippen molar-refractivity contribution in [1.82, 2.24) is 4.98 Å². The number of aromatic nitrogens is 1. The maximum atomic E-state index is 11.3. The smallest absolute Gasteiger partial charge is 0.306 e. The first kappa shape index (κ1) is 15.5. The quantitative estimate of drug-likeness (QED) is 0.732. The molecule has 0 unspecified atom stereocenters. The molecule has 0 bridgehead atoms. The van der Waals surface area contributed by atoms with E-state index in [1.807, 2.05) is 43.5 Å². The largest absolute Gasteiger partial charge is 0.494 e. The number of aryl methyl sites for hydroxylation is 1. The highest BCUT2D eigenvalue weighted by molar-refractivity contribution is 7.13. The van der Waals surface area contributed by atoms with E-state index in [2.05, 4.69) is 4.98 Å². The van der Waals surface area contributed by atoms with Crippen molar-refractivity contribution in [2.75, 3.05) is 13.2 Å². The molecule has 1 heterocycles. The summed E-state index contributed by atoms with van der Waals surface area (Å²) in [6, 6.07) is 7.88. The van der Waals surface area contributed by atoms with Crippen LogP contribution in [-0.2, 0) is 16.0 Å². The summed E-state index contributed by atoms with van der Waals surface area (Å²) in [6.45, 7) is 4.86. The molecule has 0 radical (unpaired) electrons. The predicted molar refractivity (Wildman–Crippen MR) is 83.7 cm³/mol. The second kappa shape index (κ2) is 7.78. The molecule has 0 N–H and O–H groups in total. The minimum atomic E-state index is -0.173. The van der Waals surface area contributed by atoms with E-state index in [9.17, 15) is 4.79 Å². The first-order valence-electron chi connectivity index (χ1n) is 7.06. The highest BCUT2D eigenvalue weighted by Gasteiger charge is 2.08. The minimum absolute atomic E-state index is 0.173. The van der Waals surface area contributed by atoms with E-state index < -0.39 is 0 Å². The van der Waals surface area contributed by atoms with Crippen LogP contribution in [-0.4, -0.2) is 24.2 Å². The molecule has 2 rings (SSSR count). The minimum Gasteiger partial charge on any atom is -0.494 e. The van der Waals surface area contributed by atoms with Gasteiger partial charge in [-0.1, -0.05) is 0 Å². The molecule has 112 valence electrons. The topological polar surface area (TPSA) is 48.4 Å². The molecule has 2 aromatic rings. The summed E-state index contributed by atoms with van der Waals surface area (Å²) in [5.41, 5.74) is 1.99. The Balaban J connectivity index is 1.97. The molecule has 4 nitrogen and oxygen atoms in total. The van der Waals surface area contributed by atoms with E-state index in [0.717, 1.165) is 22.0 Å². The summed E-state index contributed by atoms with van der Waals surface area (Å²) < 4.78 is 10.3. The van der Waals surface area contributed by atoms with Crippen LogP contribution in [0.4, 0.5) is 0 Å². The Morgan fingerprint density at radius 3 is 2.62 bits per heavy atom. The molecule has 0 aliphatic carbocycles. The van der Waals surface area contributed by atoms with Crippen LogP contribution in [0.15, 0.2) is 29.6 Å². The predicted octanol–water partition coefficient (Wildman–Crippen LogP) is 3.70. The maximum absolute atomic E-state index is 11.3. The number of carbonyl (C=O) groups excluding carboxylic acids is 1. The van der Waals surface area contributed by atoms with Crippen molar-refractivity contribution in [2.24, 2.45) is 0 Å². The summed E-state index contributed by atoms with van der Waals surface area (Å²) in [6.07, 6.45) is 0.993. The summed E-state index contributed by atoms with van der Waals surface area (Å²) in [5.74, 6) is 0.688. The van der Waals surface area contributed by atoms with Gasteiger partial charge in [0.15, 0.2) is 0 Å². The summed E-state index contributed by atoms with van der Waals surface area (Å²) >= 11 is 1.58. The summed E-state index contributed by atoms with van der Waals surface area (Å²) in [7, 11) is 0. The molecule has 0 saturated carbocycles. The van der Waals surface area contributed by atoms with Crippen LogP contribution in [0.25, 0.3) is 10.6 Å². The van der Waals surface area contributed by atoms with Crippen LogP contribution in [0.2, 0.25) is 0 Å². The standard InChI is InChI=1S/C16H19NO3S/c1-3-19-14-8-5-12(6-9-14)16-17-13(11-21-16)7-10-15(18)20-4-2/h5-6,8-9,11H,3-4,7,10H2,1-2H3. The molecule has 0 aliphatic rings. The van der Waals surface area contributed by atoms with Gasteiger partial charge in [0.2, 0.25) is 0 Å². The van der Waals surface area contributed by atoms with Crippen LogP contribution >= 0.6 is 11.3 Å². The van der Waals surface area contributed by atoms with Gasteiger partial charge in [-0.05, 0) is 38.1 Å². The number of rotatable bonds is 7. The van der Waals surface area contributed by atoms with Crippen molar-refractivity contribution in [3.05, 3.63) is 35.3 Å². The van der Waals surface area contributed by atoms with Crippen LogP contribution < -0.4 is 4.74 Å². The Morgan fingerprint density at radius 2 is 1.95 bits per heavy atom. The molecule has 0 spiro atoms. The Bertz CT molecular complexity index is 577. The molecule has 0 fully saturated rings.